The van der Waals surface area contributed by atoms with E-state index in [4.69, 9.17) is 0 Å². The number of nitrogens with one attached hydrogen (secondary N) is 2. The summed E-state index contributed by atoms with van der Waals surface area (Å²) in [6.07, 6.45) is 5.33. The molecule has 1 aliphatic rings. The number of hydrogen-bond donors (Lipinski definition) is 2. The van der Waals surface area contributed by atoms with Crippen molar-refractivity contribution < 1.29 is 0 Å². The highest BCUT2D eigenvalue weighted by Crippen LogP contribution is 2.20. The van der Waals surface area contributed by atoms with E-state index >= 15 is 0 Å². The lowest BCUT2D eigenvalue weighted by atomic mass is 9.88. The number of rotatable bonds is 7. The molecule has 1 atom stereocenters. The van der Waals surface area contributed by atoms with Crippen LogP contribution in [0, 0.1) is 11.3 Å². The zero-order valence-corrected chi connectivity index (χ0v) is 10.7. The Bertz CT molecular complexity index is 160. The lowest BCUT2D eigenvalue weighted by Crippen LogP contribution is -2.30. The van der Waals surface area contributed by atoms with Crippen LogP contribution in [0.1, 0.15) is 46.5 Å². The fraction of sp³-hybridized carbons (Fsp3) is 1.00. The van der Waals surface area contributed by atoms with Gasteiger partial charge in [0.2, 0.25) is 0 Å². The molecule has 0 radical (unpaired) electrons. The van der Waals surface area contributed by atoms with E-state index in [2.05, 4.69) is 31.4 Å². The van der Waals surface area contributed by atoms with Crippen LogP contribution < -0.4 is 10.6 Å². The first-order valence-corrected chi connectivity index (χ1v) is 6.55. The normalized spacial score (nSPS) is 22.2. The lowest BCUT2D eigenvalue weighted by molar-refractivity contribution is 0.307. The van der Waals surface area contributed by atoms with Gasteiger partial charge >= 0.3 is 0 Å². The molecule has 0 bridgehead atoms. The van der Waals surface area contributed by atoms with E-state index in [-0.39, 0.29) is 0 Å². The molecular weight excluding hydrogens is 184 g/mol. The molecular formula is C13H28N2. The SMILES string of the molecule is CCCC(C)(C)CNCCC1CCNC1. The Hall–Kier alpha value is -0.0800. The zero-order valence-electron chi connectivity index (χ0n) is 10.7. The van der Waals surface area contributed by atoms with Gasteiger partial charge < -0.3 is 10.6 Å². The van der Waals surface area contributed by atoms with Crippen LogP contribution in [0.5, 0.6) is 0 Å². The summed E-state index contributed by atoms with van der Waals surface area (Å²) >= 11 is 0. The molecule has 1 rings (SSSR count). The summed E-state index contributed by atoms with van der Waals surface area (Å²) in [6, 6.07) is 0. The molecule has 1 saturated heterocycles. The third-order valence-corrected chi connectivity index (χ3v) is 3.42. The summed E-state index contributed by atoms with van der Waals surface area (Å²) in [7, 11) is 0. The molecule has 0 aliphatic carbocycles. The quantitative estimate of drug-likeness (QED) is 0.633. The van der Waals surface area contributed by atoms with Crippen LogP contribution in [-0.2, 0) is 0 Å². The van der Waals surface area contributed by atoms with Crippen molar-refractivity contribution in [2.24, 2.45) is 11.3 Å². The summed E-state index contributed by atoms with van der Waals surface area (Å²) in [4.78, 5) is 0. The first-order valence-electron chi connectivity index (χ1n) is 6.55. The third kappa shape index (κ3) is 5.53. The smallest absolute Gasteiger partial charge is 0.000252 e. The third-order valence-electron chi connectivity index (χ3n) is 3.42. The molecule has 2 N–H and O–H groups in total. The topological polar surface area (TPSA) is 24.1 Å². The second-order valence-electron chi connectivity index (χ2n) is 5.74. The van der Waals surface area contributed by atoms with Crippen LogP contribution in [-0.4, -0.2) is 26.2 Å². The van der Waals surface area contributed by atoms with Crippen LogP contribution in [0.25, 0.3) is 0 Å². The maximum Gasteiger partial charge on any atom is 0.000252 e. The molecule has 0 saturated carbocycles. The standard InChI is InChI=1S/C13H28N2/c1-4-7-13(2,3)11-15-9-6-12-5-8-14-10-12/h12,14-15H,4-11H2,1-3H3. The summed E-state index contributed by atoms with van der Waals surface area (Å²) in [5, 5.41) is 7.03. The Morgan fingerprint density at radius 3 is 2.80 bits per heavy atom. The molecule has 2 heteroatoms. The van der Waals surface area contributed by atoms with Gasteiger partial charge in [0.1, 0.15) is 0 Å². The van der Waals surface area contributed by atoms with E-state index in [1.54, 1.807) is 0 Å². The second-order valence-corrected chi connectivity index (χ2v) is 5.74. The fourth-order valence-corrected chi connectivity index (χ4v) is 2.46. The largest absolute Gasteiger partial charge is 0.316 e. The molecule has 0 amide bonds. The van der Waals surface area contributed by atoms with Gasteiger partial charge in [-0.05, 0) is 50.2 Å². The predicted molar refractivity (Wildman–Crippen MR) is 67.2 cm³/mol. The van der Waals surface area contributed by atoms with E-state index < -0.39 is 0 Å². The van der Waals surface area contributed by atoms with Crippen LogP contribution in [0.15, 0.2) is 0 Å². The lowest BCUT2D eigenvalue weighted by Gasteiger charge is -2.24. The van der Waals surface area contributed by atoms with Gasteiger partial charge in [-0.1, -0.05) is 27.2 Å². The van der Waals surface area contributed by atoms with E-state index in [1.165, 1.54) is 51.9 Å². The van der Waals surface area contributed by atoms with E-state index in [1.807, 2.05) is 0 Å². The van der Waals surface area contributed by atoms with Gasteiger partial charge in [0.15, 0.2) is 0 Å². The van der Waals surface area contributed by atoms with Crippen molar-refractivity contribution in [1.82, 2.24) is 10.6 Å². The molecule has 2 nitrogen and oxygen atoms in total. The van der Waals surface area contributed by atoms with Gasteiger partial charge in [0.05, 0.1) is 0 Å². The Morgan fingerprint density at radius 2 is 2.20 bits per heavy atom. The molecule has 1 heterocycles. The fourth-order valence-electron chi connectivity index (χ4n) is 2.46. The highest BCUT2D eigenvalue weighted by Gasteiger charge is 2.17. The average Bonchev–Trinajstić information content (AvgIpc) is 2.65. The van der Waals surface area contributed by atoms with Gasteiger partial charge in [-0.15, -0.1) is 0 Å². The van der Waals surface area contributed by atoms with Crippen LogP contribution in [0.2, 0.25) is 0 Å². The van der Waals surface area contributed by atoms with Crippen molar-refractivity contribution in [1.29, 1.82) is 0 Å². The Morgan fingerprint density at radius 1 is 1.40 bits per heavy atom. The van der Waals surface area contributed by atoms with E-state index in [0.717, 1.165) is 5.92 Å². The highest BCUT2D eigenvalue weighted by atomic mass is 14.9. The monoisotopic (exact) mass is 212 g/mol. The van der Waals surface area contributed by atoms with Gasteiger partial charge in [-0.2, -0.15) is 0 Å². The van der Waals surface area contributed by atoms with Crippen molar-refractivity contribution >= 4 is 0 Å². The molecule has 15 heavy (non-hydrogen) atoms. The minimum atomic E-state index is 0.475. The molecule has 0 aromatic rings. The minimum absolute atomic E-state index is 0.475. The molecule has 0 aromatic heterocycles. The van der Waals surface area contributed by atoms with Gasteiger partial charge in [0.25, 0.3) is 0 Å². The summed E-state index contributed by atoms with van der Waals surface area (Å²) in [5.74, 6) is 0.923. The molecule has 0 aromatic carbocycles. The highest BCUT2D eigenvalue weighted by molar-refractivity contribution is 4.74. The first kappa shape index (κ1) is 13.0. The summed E-state index contributed by atoms with van der Waals surface area (Å²) < 4.78 is 0. The molecule has 1 fully saturated rings. The van der Waals surface area contributed by atoms with Crippen LogP contribution in [0.3, 0.4) is 0 Å². The first-order chi connectivity index (χ1) is 7.14. The second kappa shape index (κ2) is 6.49. The van der Waals surface area contributed by atoms with E-state index in [0.29, 0.717) is 5.41 Å². The van der Waals surface area contributed by atoms with Gasteiger partial charge in [0, 0.05) is 6.54 Å². The number of hydrogen-bond acceptors (Lipinski definition) is 2. The molecule has 90 valence electrons. The van der Waals surface area contributed by atoms with Crippen LogP contribution >= 0.6 is 0 Å². The van der Waals surface area contributed by atoms with Crippen molar-refractivity contribution in [3.8, 4) is 0 Å². The average molecular weight is 212 g/mol. The summed E-state index contributed by atoms with van der Waals surface area (Å²) in [6.45, 7) is 11.8. The van der Waals surface area contributed by atoms with Crippen molar-refractivity contribution in [2.45, 2.75) is 46.5 Å². The van der Waals surface area contributed by atoms with Crippen molar-refractivity contribution in [3.63, 3.8) is 0 Å². The summed E-state index contributed by atoms with van der Waals surface area (Å²) in [5.41, 5.74) is 0.475. The minimum Gasteiger partial charge on any atom is -0.316 e. The predicted octanol–water partition coefficient (Wildman–Crippen LogP) is 2.40. The van der Waals surface area contributed by atoms with Crippen LogP contribution in [0.4, 0.5) is 0 Å². The Labute approximate surface area is 95.2 Å². The molecule has 1 aliphatic heterocycles. The maximum atomic E-state index is 3.61. The Kier molecular flexibility index (Phi) is 5.62. The Balaban J connectivity index is 2.00. The van der Waals surface area contributed by atoms with E-state index in [9.17, 15) is 0 Å². The van der Waals surface area contributed by atoms with Crippen molar-refractivity contribution in [2.75, 3.05) is 26.2 Å². The van der Waals surface area contributed by atoms with Gasteiger partial charge in [-0.25, -0.2) is 0 Å². The van der Waals surface area contributed by atoms with Gasteiger partial charge in [-0.3, -0.25) is 0 Å². The maximum absolute atomic E-state index is 3.61. The molecule has 0 spiro atoms. The van der Waals surface area contributed by atoms with Crippen molar-refractivity contribution in [3.05, 3.63) is 0 Å². The molecule has 1 unspecified atom stereocenters. The zero-order chi connectivity index (χ0) is 11.1.